The van der Waals surface area contributed by atoms with Gasteiger partial charge >= 0.3 is 0 Å². The summed E-state index contributed by atoms with van der Waals surface area (Å²) in [5, 5.41) is 3.11. The quantitative estimate of drug-likeness (QED) is 0.754. The van der Waals surface area contributed by atoms with Gasteiger partial charge in [0.2, 0.25) is 10.0 Å². The zero-order valence-corrected chi connectivity index (χ0v) is 14.6. The highest BCUT2D eigenvalue weighted by Crippen LogP contribution is 2.16. The van der Waals surface area contributed by atoms with E-state index in [1.54, 1.807) is 25.3 Å². The Bertz CT molecular complexity index is 570. The molecule has 0 saturated heterocycles. The monoisotopic (exact) mass is 332 g/mol. The summed E-state index contributed by atoms with van der Waals surface area (Å²) in [7, 11) is -2.58. The fraction of sp³-hybridized carbons (Fsp3) is 0.571. The first kappa shape index (κ1) is 18.3. The molecule has 0 saturated carbocycles. The minimum Gasteiger partial charge on any atom is -0.313 e. The second kappa shape index (κ2) is 8.03. The van der Waals surface area contributed by atoms with Gasteiger partial charge in [0.25, 0.3) is 0 Å². The van der Waals surface area contributed by atoms with Crippen molar-refractivity contribution in [2.75, 3.05) is 19.1 Å². The van der Waals surface area contributed by atoms with E-state index in [0.29, 0.717) is 12.2 Å². The highest BCUT2D eigenvalue weighted by Gasteiger charge is 2.17. The molecule has 1 aromatic rings. The summed E-state index contributed by atoms with van der Waals surface area (Å²) in [6, 6.07) is 6.76. The number of hydrogen-bond donors (Lipinski definition) is 2. The summed E-state index contributed by atoms with van der Waals surface area (Å²) in [6.45, 7) is 3.79. The molecule has 5 nitrogen and oxygen atoms in total. The van der Waals surface area contributed by atoms with Crippen LogP contribution in [0.25, 0.3) is 0 Å². The predicted molar refractivity (Wildman–Crippen MR) is 87.3 cm³/mol. The maximum absolute atomic E-state index is 12.2. The van der Waals surface area contributed by atoms with Crippen molar-refractivity contribution in [1.29, 1.82) is 0 Å². The van der Waals surface area contributed by atoms with Crippen LogP contribution in [0.2, 0.25) is 0 Å². The van der Waals surface area contributed by atoms with Gasteiger partial charge in [0.15, 0.2) is 0 Å². The molecule has 0 heterocycles. The van der Waals surface area contributed by atoms with Crippen molar-refractivity contribution in [2.45, 2.75) is 37.2 Å². The van der Waals surface area contributed by atoms with Gasteiger partial charge in [-0.15, -0.1) is 0 Å². The Balaban J connectivity index is 2.76. The molecular weight excluding hydrogens is 308 g/mol. The molecule has 0 aliphatic carbocycles. The molecule has 120 valence electrons. The molecule has 0 fully saturated rings. The van der Waals surface area contributed by atoms with Crippen LogP contribution in [-0.4, -0.2) is 37.7 Å². The molecule has 0 aliphatic heterocycles. The molecule has 7 heteroatoms. The standard InChI is InChI=1S/C14H24N2O3S2/c1-11(9-10-20(4)17)16-21(18,19)14-7-5-13(6-8-14)12(2)15-3/h5-8,11-12,15-16H,9-10H2,1-4H3. The zero-order chi connectivity index (χ0) is 16.0. The molecule has 1 aromatic carbocycles. The van der Waals surface area contributed by atoms with Crippen LogP contribution in [0.15, 0.2) is 29.2 Å². The van der Waals surface area contributed by atoms with E-state index in [2.05, 4.69) is 10.0 Å². The first-order chi connectivity index (χ1) is 9.76. The lowest BCUT2D eigenvalue weighted by molar-refractivity contribution is 0.555. The molecule has 0 amide bonds. The number of benzene rings is 1. The Labute approximate surface area is 130 Å². The molecule has 0 bridgehead atoms. The molecule has 0 radical (unpaired) electrons. The van der Waals surface area contributed by atoms with Crippen molar-refractivity contribution in [1.82, 2.24) is 10.0 Å². The molecule has 2 N–H and O–H groups in total. The number of hydrogen-bond acceptors (Lipinski definition) is 4. The van der Waals surface area contributed by atoms with Crippen molar-refractivity contribution < 1.29 is 12.6 Å². The van der Waals surface area contributed by atoms with Crippen molar-refractivity contribution in [2.24, 2.45) is 0 Å². The van der Waals surface area contributed by atoms with E-state index in [0.717, 1.165) is 5.56 Å². The maximum atomic E-state index is 12.2. The number of sulfonamides is 1. The molecular formula is C14H24N2O3S2. The maximum Gasteiger partial charge on any atom is 0.240 e. The summed E-state index contributed by atoms with van der Waals surface area (Å²) in [5.41, 5.74) is 1.03. The first-order valence-electron chi connectivity index (χ1n) is 6.86. The summed E-state index contributed by atoms with van der Waals surface area (Å²) in [5.74, 6) is 0.488. The minimum absolute atomic E-state index is 0.174. The van der Waals surface area contributed by atoms with Gasteiger partial charge in [0.1, 0.15) is 0 Å². The Kier molecular flexibility index (Phi) is 6.99. The summed E-state index contributed by atoms with van der Waals surface area (Å²) in [4.78, 5) is 0.249. The summed E-state index contributed by atoms with van der Waals surface area (Å²) < 4.78 is 38.1. The van der Waals surface area contributed by atoms with E-state index >= 15 is 0 Å². The van der Waals surface area contributed by atoms with Crippen LogP contribution in [0.4, 0.5) is 0 Å². The summed E-state index contributed by atoms with van der Waals surface area (Å²) in [6.07, 6.45) is 2.17. The lowest BCUT2D eigenvalue weighted by atomic mass is 10.1. The van der Waals surface area contributed by atoms with Crippen LogP contribution in [0.3, 0.4) is 0 Å². The van der Waals surface area contributed by atoms with Crippen LogP contribution < -0.4 is 10.0 Å². The van der Waals surface area contributed by atoms with E-state index in [4.69, 9.17) is 0 Å². The molecule has 0 aliphatic rings. The largest absolute Gasteiger partial charge is 0.313 e. The number of rotatable bonds is 8. The lowest BCUT2D eigenvalue weighted by Gasteiger charge is -2.15. The van der Waals surface area contributed by atoms with Crippen molar-refractivity contribution in [3.05, 3.63) is 29.8 Å². The van der Waals surface area contributed by atoms with Crippen molar-refractivity contribution in [3.63, 3.8) is 0 Å². The normalized spacial score (nSPS) is 16.4. The molecule has 0 spiro atoms. The predicted octanol–water partition coefficient (Wildman–Crippen LogP) is 1.40. The molecule has 0 aromatic heterocycles. The van der Waals surface area contributed by atoms with Crippen LogP contribution in [-0.2, 0) is 20.8 Å². The van der Waals surface area contributed by atoms with Crippen LogP contribution in [0, 0.1) is 0 Å². The Hall–Kier alpha value is -0.760. The Morgan fingerprint density at radius 2 is 1.76 bits per heavy atom. The Morgan fingerprint density at radius 1 is 1.19 bits per heavy atom. The molecule has 1 rings (SSSR count). The van der Waals surface area contributed by atoms with Crippen LogP contribution in [0.5, 0.6) is 0 Å². The van der Waals surface area contributed by atoms with Gasteiger partial charge in [0, 0.05) is 34.9 Å². The third-order valence-corrected chi connectivity index (χ3v) is 5.73. The van der Waals surface area contributed by atoms with E-state index < -0.39 is 20.8 Å². The van der Waals surface area contributed by atoms with Crippen molar-refractivity contribution >= 4 is 20.8 Å². The van der Waals surface area contributed by atoms with Gasteiger partial charge in [-0.25, -0.2) is 13.1 Å². The van der Waals surface area contributed by atoms with Gasteiger partial charge in [-0.05, 0) is 45.0 Å². The highest BCUT2D eigenvalue weighted by molar-refractivity contribution is 7.89. The fourth-order valence-electron chi connectivity index (χ4n) is 1.84. The smallest absolute Gasteiger partial charge is 0.240 e. The van der Waals surface area contributed by atoms with Gasteiger partial charge < -0.3 is 5.32 Å². The lowest BCUT2D eigenvalue weighted by Crippen LogP contribution is -2.33. The number of nitrogens with one attached hydrogen (secondary N) is 2. The third kappa shape index (κ3) is 5.86. The zero-order valence-electron chi connectivity index (χ0n) is 12.9. The van der Waals surface area contributed by atoms with E-state index in [1.807, 2.05) is 26.1 Å². The van der Waals surface area contributed by atoms with Gasteiger partial charge in [-0.2, -0.15) is 0 Å². The first-order valence-corrected chi connectivity index (χ1v) is 10.1. The van der Waals surface area contributed by atoms with E-state index in [-0.39, 0.29) is 17.0 Å². The molecule has 3 atom stereocenters. The van der Waals surface area contributed by atoms with Gasteiger partial charge in [-0.3, -0.25) is 4.21 Å². The minimum atomic E-state index is -3.53. The second-order valence-electron chi connectivity index (χ2n) is 5.17. The van der Waals surface area contributed by atoms with E-state index in [9.17, 15) is 12.6 Å². The Morgan fingerprint density at radius 3 is 2.24 bits per heavy atom. The van der Waals surface area contributed by atoms with Crippen LogP contribution >= 0.6 is 0 Å². The van der Waals surface area contributed by atoms with Crippen molar-refractivity contribution in [3.8, 4) is 0 Å². The average Bonchev–Trinajstić information content (AvgIpc) is 2.44. The van der Waals surface area contributed by atoms with Gasteiger partial charge in [-0.1, -0.05) is 12.1 Å². The van der Waals surface area contributed by atoms with Gasteiger partial charge in [0.05, 0.1) is 4.90 Å². The van der Waals surface area contributed by atoms with E-state index in [1.165, 1.54) is 0 Å². The molecule has 21 heavy (non-hydrogen) atoms. The fourth-order valence-corrected chi connectivity index (χ4v) is 3.80. The second-order valence-corrected chi connectivity index (χ2v) is 8.44. The molecule has 3 unspecified atom stereocenters. The van der Waals surface area contributed by atoms with Crippen LogP contribution in [0.1, 0.15) is 31.9 Å². The third-order valence-electron chi connectivity index (χ3n) is 3.32. The summed E-state index contributed by atoms with van der Waals surface area (Å²) >= 11 is 0. The SMILES string of the molecule is CNC(C)c1ccc(S(=O)(=O)NC(C)CCS(C)=O)cc1. The topological polar surface area (TPSA) is 75.3 Å². The highest BCUT2D eigenvalue weighted by atomic mass is 32.2. The average molecular weight is 332 g/mol.